The number of aromatic nitrogens is 10. The molecule has 0 aliphatic heterocycles. The van der Waals surface area contributed by atoms with Gasteiger partial charge in [-0.25, -0.2) is 49.8 Å². The zero-order chi connectivity index (χ0) is 38.7. The Kier molecular flexibility index (Phi) is 20.0. The molecule has 5 heterocycles. The van der Waals surface area contributed by atoms with Crippen molar-refractivity contribution in [2.24, 2.45) is 0 Å². The van der Waals surface area contributed by atoms with Crippen molar-refractivity contribution in [3.05, 3.63) is 118 Å². The van der Waals surface area contributed by atoms with E-state index < -0.39 is 0 Å². The Morgan fingerprint density at radius 2 is 0.784 bits per heavy atom. The molecule has 0 aromatic carbocycles. The molecule has 0 saturated heterocycles. The lowest BCUT2D eigenvalue weighted by Crippen LogP contribution is -2.00. The van der Waals surface area contributed by atoms with Gasteiger partial charge in [0.25, 0.3) is 0 Å². The quantitative estimate of drug-likeness (QED) is 0.175. The van der Waals surface area contributed by atoms with Crippen LogP contribution in [0.4, 0.5) is 0 Å². The molecule has 5 rings (SSSR count). The standard InChI is InChI=1S/2C9H14N2.2C8H12N2.C7H10N2/c1-6(2)9-10-5-7(3)8(4)11-9;1-6(2)9-10-7(3)5-8(4)11-9;1-6(2)8-9-4-7(3)5-10-8;1-6(2)8-9-5-4-7(3)10-8;1-6(2)7-8-4-3-5-9-7/h2*5-6H,1-4H3;2*4-6H,1-3H3;3-6H,1-2H3. The van der Waals surface area contributed by atoms with Crippen LogP contribution in [0.2, 0.25) is 0 Å². The molecule has 0 N–H and O–H groups in total. The molecule has 0 bridgehead atoms. The van der Waals surface area contributed by atoms with Crippen LogP contribution in [0, 0.1) is 41.5 Å². The van der Waals surface area contributed by atoms with Crippen LogP contribution in [0.15, 0.2) is 55.4 Å². The average molecular weight is 695 g/mol. The Hall–Kier alpha value is -4.60. The van der Waals surface area contributed by atoms with Gasteiger partial charge < -0.3 is 0 Å². The Bertz CT molecular complexity index is 1660. The maximum Gasteiger partial charge on any atom is 0.131 e. The molecule has 0 amide bonds. The predicted molar refractivity (Wildman–Crippen MR) is 209 cm³/mol. The van der Waals surface area contributed by atoms with Crippen molar-refractivity contribution in [1.82, 2.24) is 49.8 Å². The van der Waals surface area contributed by atoms with Gasteiger partial charge in [0.05, 0.1) is 0 Å². The molecular formula is C41H62N10. The summed E-state index contributed by atoms with van der Waals surface area (Å²) in [6.45, 7) is 32.9. The third-order valence-corrected chi connectivity index (χ3v) is 7.03. The molecule has 5 aromatic heterocycles. The minimum atomic E-state index is 0.425. The first-order valence-corrected chi connectivity index (χ1v) is 17.9. The van der Waals surface area contributed by atoms with Crippen LogP contribution in [0.3, 0.4) is 0 Å². The lowest BCUT2D eigenvalue weighted by Gasteiger charge is -2.04. The highest BCUT2D eigenvalue weighted by molar-refractivity contribution is 5.14. The summed E-state index contributed by atoms with van der Waals surface area (Å²) in [5, 5.41) is 0. The van der Waals surface area contributed by atoms with E-state index in [2.05, 4.69) is 119 Å². The molecular weight excluding hydrogens is 633 g/mol. The molecule has 0 spiro atoms. The third-order valence-electron chi connectivity index (χ3n) is 7.03. The van der Waals surface area contributed by atoms with Crippen LogP contribution in [0.25, 0.3) is 0 Å². The summed E-state index contributed by atoms with van der Waals surface area (Å²) in [6.07, 6.45) is 10.9. The Morgan fingerprint density at radius 3 is 1.18 bits per heavy atom. The van der Waals surface area contributed by atoms with Crippen LogP contribution >= 0.6 is 0 Å². The monoisotopic (exact) mass is 695 g/mol. The van der Waals surface area contributed by atoms with Crippen molar-refractivity contribution in [1.29, 1.82) is 0 Å². The molecule has 0 saturated carbocycles. The maximum absolute atomic E-state index is 4.36. The van der Waals surface area contributed by atoms with Gasteiger partial charge in [0.15, 0.2) is 0 Å². The van der Waals surface area contributed by atoms with Gasteiger partial charge in [0.2, 0.25) is 0 Å². The predicted octanol–water partition coefficient (Wildman–Crippen LogP) is 9.85. The van der Waals surface area contributed by atoms with Gasteiger partial charge in [-0.15, -0.1) is 0 Å². The molecule has 0 radical (unpaired) electrons. The number of rotatable bonds is 5. The summed E-state index contributed by atoms with van der Waals surface area (Å²) in [4.78, 5) is 42.1. The van der Waals surface area contributed by atoms with Crippen LogP contribution in [0.5, 0.6) is 0 Å². The molecule has 0 atom stereocenters. The van der Waals surface area contributed by atoms with Crippen LogP contribution in [0.1, 0.15) is 162 Å². The Labute approximate surface area is 308 Å². The summed E-state index contributed by atoms with van der Waals surface area (Å²) in [6, 6.07) is 5.73. The maximum atomic E-state index is 4.36. The Morgan fingerprint density at radius 1 is 0.392 bits per heavy atom. The van der Waals surface area contributed by atoms with Crippen LogP contribution < -0.4 is 0 Å². The SMILES string of the molecule is CC(C)c1ncccn1.Cc1cc(C)nc(C(C)C)n1.Cc1ccnc(C(C)C)n1.Cc1cnc(C(C)C)nc1.Cc1cnc(C(C)C)nc1C. The van der Waals surface area contributed by atoms with E-state index >= 15 is 0 Å². The van der Waals surface area contributed by atoms with E-state index in [1.165, 1.54) is 0 Å². The largest absolute Gasteiger partial charge is 0.241 e. The van der Waals surface area contributed by atoms with Crippen molar-refractivity contribution < 1.29 is 0 Å². The molecule has 0 unspecified atom stereocenters. The third kappa shape index (κ3) is 18.3. The summed E-state index contributed by atoms with van der Waals surface area (Å²) < 4.78 is 0. The van der Waals surface area contributed by atoms with Gasteiger partial charge in [0.1, 0.15) is 29.1 Å². The molecule has 276 valence electrons. The van der Waals surface area contributed by atoms with Crippen LogP contribution in [-0.2, 0) is 0 Å². The van der Waals surface area contributed by atoms with Gasteiger partial charge in [-0.2, -0.15) is 0 Å². The van der Waals surface area contributed by atoms with Crippen molar-refractivity contribution >= 4 is 0 Å². The van der Waals surface area contributed by atoms with E-state index in [-0.39, 0.29) is 0 Å². The first-order chi connectivity index (χ1) is 23.9. The zero-order valence-corrected chi connectivity index (χ0v) is 34.1. The van der Waals surface area contributed by atoms with Crippen molar-refractivity contribution in [3.8, 4) is 0 Å². The first kappa shape index (κ1) is 44.4. The second-order valence-electron chi connectivity index (χ2n) is 14.1. The Balaban J connectivity index is 0.000000319. The summed E-state index contributed by atoms with van der Waals surface area (Å²) in [5.41, 5.74) is 6.52. The lowest BCUT2D eigenvalue weighted by molar-refractivity contribution is 0.758. The topological polar surface area (TPSA) is 129 Å². The van der Waals surface area contributed by atoms with Crippen molar-refractivity contribution in [3.63, 3.8) is 0 Å². The van der Waals surface area contributed by atoms with Gasteiger partial charge >= 0.3 is 0 Å². The molecule has 5 aromatic rings. The van der Waals surface area contributed by atoms with Gasteiger partial charge in [-0.05, 0) is 70.9 Å². The second kappa shape index (κ2) is 23.0. The molecule has 0 aliphatic rings. The fourth-order valence-electron chi connectivity index (χ4n) is 3.89. The van der Waals surface area contributed by atoms with Gasteiger partial charge in [0, 0.05) is 89.5 Å². The number of hydrogen-bond donors (Lipinski definition) is 0. The van der Waals surface area contributed by atoms with Gasteiger partial charge in [-0.3, -0.25) is 0 Å². The number of nitrogens with zero attached hydrogens (tertiary/aromatic N) is 10. The van der Waals surface area contributed by atoms with E-state index in [0.717, 1.165) is 63.0 Å². The van der Waals surface area contributed by atoms with E-state index in [1.54, 1.807) is 18.6 Å². The molecule has 0 aliphatic carbocycles. The normalized spacial score (nSPS) is 10.5. The number of aryl methyl sites for hydroxylation is 6. The minimum absolute atomic E-state index is 0.425. The fraction of sp³-hybridized carbons (Fsp3) is 0.512. The molecule has 10 heteroatoms. The fourth-order valence-corrected chi connectivity index (χ4v) is 3.89. The zero-order valence-electron chi connectivity index (χ0n) is 34.1. The van der Waals surface area contributed by atoms with E-state index in [9.17, 15) is 0 Å². The van der Waals surface area contributed by atoms with Crippen LogP contribution in [-0.4, -0.2) is 49.8 Å². The smallest absolute Gasteiger partial charge is 0.131 e. The van der Waals surface area contributed by atoms with E-state index in [1.807, 2.05) is 78.3 Å². The van der Waals surface area contributed by atoms with Gasteiger partial charge in [-0.1, -0.05) is 69.2 Å². The summed E-state index contributed by atoms with van der Waals surface area (Å²) in [7, 11) is 0. The molecule has 51 heavy (non-hydrogen) atoms. The number of hydrogen-bond acceptors (Lipinski definition) is 10. The second-order valence-corrected chi connectivity index (χ2v) is 14.1. The molecule has 0 fully saturated rings. The summed E-state index contributed by atoms with van der Waals surface area (Å²) in [5.74, 6) is 6.80. The highest BCUT2D eigenvalue weighted by Gasteiger charge is 2.04. The van der Waals surface area contributed by atoms with Crippen molar-refractivity contribution in [2.75, 3.05) is 0 Å². The highest BCUT2D eigenvalue weighted by Crippen LogP contribution is 2.11. The van der Waals surface area contributed by atoms with E-state index in [0.29, 0.717) is 29.6 Å². The average Bonchev–Trinajstić information content (AvgIpc) is 3.07. The lowest BCUT2D eigenvalue weighted by atomic mass is 10.2. The van der Waals surface area contributed by atoms with E-state index in [4.69, 9.17) is 0 Å². The first-order valence-electron chi connectivity index (χ1n) is 17.9. The minimum Gasteiger partial charge on any atom is -0.241 e. The van der Waals surface area contributed by atoms with Crippen molar-refractivity contribution in [2.45, 2.75) is 140 Å². The molecule has 10 nitrogen and oxygen atoms in total. The summed E-state index contributed by atoms with van der Waals surface area (Å²) >= 11 is 0. The highest BCUT2D eigenvalue weighted by atomic mass is 14.9.